The Labute approximate surface area is 91.4 Å². The van der Waals surface area contributed by atoms with Gasteiger partial charge in [-0.05, 0) is 45.6 Å². The summed E-state index contributed by atoms with van der Waals surface area (Å²) in [7, 11) is 2.22. The van der Waals surface area contributed by atoms with Gasteiger partial charge in [0.05, 0.1) is 6.07 Å². The molecule has 3 nitrogen and oxygen atoms in total. The standard InChI is InChI=1S/C12H19N3/c1-15-10-4-5-11(15)7-12(6-10,8-13)14-9-2-3-9/h9-11,14H,2-7H2,1H3. The van der Waals surface area contributed by atoms with Crippen molar-refractivity contribution < 1.29 is 0 Å². The number of rotatable bonds is 2. The van der Waals surface area contributed by atoms with E-state index in [2.05, 4.69) is 23.3 Å². The van der Waals surface area contributed by atoms with E-state index in [1.165, 1.54) is 25.7 Å². The molecule has 82 valence electrons. The third-order valence-corrected chi connectivity index (χ3v) is 4.43. The molecule has 1 N–H and O–H groups in total. The molecular weight excluding hydrogens is 186 g/mol. The van der Waals surface area contributed by atoms with Crippen LogP contribution < -0.4 is 5.32 Å². The number of nitrogens with one attached hydrogen (secondary N) is 1. The van der Waals surface area contributed by atoms with Crippen LogP contribution in [0, 0.1) is 11.3 Å². The van der Waals surface area contributed by atoms with Crippen molar-refractivity contribution >= 4 is 0 Å². The lowest BCUT2D eigenvalue weighted by molar-refractivity contribution is 0.118. The minimum Gasteiger partial charge on any atom is -0.300 e. The van der Waals surface area contributed by atoms with E-state index in [0.717, 1.165) is 12.8 Å². The van der Waals surface area contributed by atoms with Gasteiger partial charge in [0.2, 0.25) is 0 Å². The highest BCUT2D eigenvalue weighted by Gasteiger charge is 2.48. The van der Waals surface area contributed by atoms with E-state index in [1.54, 1.807) is 0 Å². The molecule has 0 radical (unpaired) electrons. The Hall–Kier alpha value is -0.590. The molecule has 0 aromatic heterocycles. The van der Waals surface area contributed by atoms with Crippen molar-refractivity contribution in [2.45, 2.75) is 62.2 Å². The fourth-order valence-corrected chi connectivity index (χ4v) is 3.33. The van der Waals surface area contributed by atoms with Crippen LogP contribution in [-0.2, 0) is 0 Å². The molecule has 2 atom stereocenters. The third-order valence-electron chi connectivity index (χ3n) is 4.43. The van der Waals surface area contributed by atoms with E-state index in [9.17, 15) is 5.26 Å². The number of hydrogen-bond donors (Lipinski definition) is 1. The molecule has 1 saturated carbocycles. The van der Waals surface area contributed by atoms with Gasteiger partial charge in [0.1, 0.15) is 5.54 Å². The normalized spacial score (nSPS) is 45.3. The van der Waals surface area contributed by atoms with E-state index in [1.807, 2.05) is 0 Å². The van der Waals surface area contributed by atoms with Crippen molar-refractivity contribution in [1.29, 1.82) is 5.26 Å². The Bertz CT molecular complexity index is 288. The van der Waals surface area contributed by atoms with Crippen LogP contribution in [-0.4, -0.2) is 35.6 Å². The lowest BCUT2D eigenvalue weighted by Gasteiger charge is -2.41. The summed E-state index contributed by atoms with van der Waals surface area (Å²) in [4.78, 5) is 2.49. The summed E-state index contributed by atoms with van der Waals surface area (Å²) < 4.78 is 0. The predicted molar refractivity (Wildman–Crippen MR) is 58.3 cm³/mol. The van der Waals surface area contributed by atoms with Gasteiger partial charge in [-0.2, -0.15) is 5.26 Å². The SMILES string of the molecule is CN1C2CCC1CC(C#N)(NC1CC1)C2. The summed E-state index contributed by atoms with van der Waals surface area (Å²) in [6.07, 6.45) is 7.19. The first-order valence-corrected chi connectivity index (χ1v) is 6.13. The van der Waals surface area contributed by atoms with Gasteiger partial charge in [0.25, 0.3) is 0 Å². The zero-order valence-electron chi connectivity index (χ0n) is 9.37. The summed E-state index contributed by atoms with van der Waals surface area (Å²) in [5.41, 5.74) is -0.195. The van der Waals surface area contributed by atoms with Gasteiger partial charge in [-0.1, -0.05) is 0 Å². The largest absolute Gasteiger partial charge is 0.300 e. The molecular formula is C12H19N3. The minimum absolute atomic E-state index is 0.195. The Balaban J connectivity index is 1.78. The monoisotopic (exact) mass is 205 g/mol. The molecule has 0 aromatic rings. The highest BCUT2D eigenvalue weighted by molar-refractivity contribution is 5.17. The van der Waals surface area contributed by atoms with Crippen molar-refractivity contribution in [3.63, 3.8) is 0 Å². The second-order valence-corrected chi connectivity index (χ2v) is 5.57. The molecule has 15 heavy (non-hydrogen) atoms. The topological polar surface area (TPSA) is 39.1 Å². The zero-order valence-corrected chi connectivity index (χ0v) is 9.37. The van der Waals surface area contributed by atoms with Gasteiger partial charge in [-0.15, -0.1) is 0 Å². The number of piperidine rings is 1. The van der Waals surface area contributed by atoms with Crippen LogP contribution in [0.2, 0.25) is 0 Å². The highest BCUT2D eigenvalue weighted by atomic mass is 15.2. The van der Waals surface area contributed by atoms with Crippen LogP contribution in [0.15, 0.2) is 0 Å². The average molecular weight is 205 g/mol. The lowest BCUT2D eigenvalue weighted by Crippen LogP contribution is -2.56. The maximum absolute atomic E-state index is 9.44. The van der Waals surface area contributed by atoms with Crippen molar-refractivity contribution in [1.82, 2.24) is 10.2 Å². The van der Waals surface area contributed by atoms with Gasteiger partial charge >= 0.3 is 0 Å². The van der Waals surface area contributed by atoms with Crippen LogP contribution in [0.25, 0.3) is 0 Å². The molecule has 0 spiro atoms. The molecule has 3 fully saturated rings. The molecule has 0 aromatic carbocycles. The first kappa shape index (κ1) is 9.62. The van der Waals surface area contributed by atoms with Gasteiger partial charge in [0, 0.05) is 18.1 Å². The first-order valence-electron chi connectivity index (χ1n) is 6.13. The van der Waals surface area contributed by atoms with Crippen LogP contribution in [0.3, 0.4) is 0 Å². The molecule has 2 saturated heterocycles. The van der Waals surface area contributed by atoms with Gasteiger partial charge in [-0.3, -0.25) is 5.32 Å². The number of nitriles is 1. The Morgan fingerprint density at radius 1 is 1.20 bits per heavy atom. The number of fused-ring (bicyclic) bond motifs is 2. The number of nitrogens with zero attached hydrogens (tertiary/aromatic N) is 2. The van der Waals surface area contributed by atoms with Crippen molar-refractivity contribution in [3.05, 3.63) is 0 Å². The molecule has 1 aliphatic carbocycles. The van der Waals surface area contributed by atoms with Crippen LogP contribution in [0.5, 0.6) is 0 Å². The van der Waals surface area contributed by atoms with Crippen molar-refractivity contribution in [2.75, 3.05) is 7.05 Å². The van der Waals surface area contributed by atoms with Crippen LogP contribution >= 0.6 is 0 Å². The second kappa shape index (κ2) is 3.20. The quantitative estimate of drug-likeness (QED) is 0.737. The Morgan fingerprint density at radius 3 is 2.27 bits per heavy atom. The molecule has 3 heteroatoms. The molecule has 2 aliphatic heterocycles. The van der Waals surface area contributed by atoms with Crippen molar-refractivity contribution in [3.8, 4) is 6.07 Å². The van der Waals surface area contributed by atoms with Crippen LogP contribution in [0.1, 0.15) is 38.5 Å². The van der Waals surface area contributed by atoms with Gasteiger partial charge in [0.15, 0.2) is 0 Å². The van der Waals surface area contributed by atoms with Gasteiger partial charge in [-0.25, -0.2) is 0 Å². The average Bonchev–Trinajstić information content (AvgIpc) is 3.00. The minimum atomic E-state index is -0.195. The molecule has 2 bridgehead atoms. The summed E-state index contributed by atoms with van der Waals surface area (Å²) in [6, 6.07) is 4.51. The van der Waals surface area contributed by atoms with Crippen molar-refractivity contribution in [2.24, 2.45) is 0 Å². The Kier molecular flexibility index (Phi) is 2.05. The molecule has 0 amide bonds. The third kappa shape index (κ3) is 1.56. The fraction of sp³-hybridized carbons (Fsp3) is 0.917. The maximum Gasteiger partial charge on any atom is 0.109 e. The molecule has 3 aliphatic rings. The van der Waals surface area contributed by atoms with Crippen LogP contribution in [0.4, 0.5) is 0 Å². The van der Waals surface area contributed by atoms with E-state index in [0.29, 0.717) is 18.1 Å². The van der Waals surface area contributed by atoms with E-state index >= 15 is 0 Å². The summed E-state index contributed by atoms with van der Waals surface area (Å²) in [5, 5.41) is 13.0. The van der Waals surface area contributed by atoms with E-state index in [4.69, 9.17) is 0 Å². The van der Waals surface area contributed by atoms with Gasteiger partial charge < -0.3 is 4.90 Å². The fourth-order valence-electron chi connectivity index (χ4n) is 3.33. The second-order valence-electron chi connectivity index (χ2n) is 5.57. The van der Waals surface area contributed by atoms with E-state index in [-0.39, 0.29) is 5.54 Å². The highest BCUT2D eigenvalue weighted by Crippen LogP contribution is 2.40. The Morgan fingerprint density at radius 2 is 1.80 bits per heavy atom. The lowest BCUT2D eigenvalue weighted by atomic mass is 9.84. The van der Waals surface area contributed by atoms with E-state index < -0.39 is 0 Å². The molecule has 2 unspecified atom stereocenters. The summed E-state index contributed by atoms with van der Waals surface area (Å²) in [5.74, 6) is 0. The summed E-state index contributed by atoms with van der Waals surface area (Å²) >= 11 is 0. The zero-order chi connectivity index (χ0) is 10.5. The summed E-state index contributed by atoms with van der Waals surface area (Å²) in [6.45, 7) is 0. The smallest absolute Gasteiger partial charge is 0.109 e. The molecule has 3 rings (SSSR count). The maximum atomic E-state index is 9.44. The first-order chi connectivity index (χ1) is 7.22. The number of hydrogen-bond acceptors (Lipinski definition) is 3. The molecule has 2 heterocycles. The predicted octanol–water partition coefficient (Wildman–Crippen LogP) is 1.26.